The zero-order valence-corrected chi connectivity index (χ0v) is 10.3. The molecule has 2 N–H and O–H groups in total. The molecule has 0 fully saturated rings. The van der Waals surface area contributed by atoms with Crippen LogP contribution in [-0.4, -0.2) is 28.4 Å². The van der Waals surface area contributed by atoms with Gasteiger partial charge in [0, 0.05) is 12.7 Å². The van der Waals surface area contributed by atoms with Gasteiger partial charge in [0.25, 0.3) is 10.0 Å². The average molecular weight is 255 g/mol. The van der Waals surface area contributed by atoms with Gasteiger partial charge in [0.05, 0.1) is 23.8 Å². The molecule has 0 unspecified atom stereocenters. The number of nitrogens with zero attached hydrogens (tertiary/aromatic N) is 3. The number of aromatic nitrogens is 4. The largest absolute Gasteiger partial charge is 0.281 e. The first kappa shape index (κ1) is 11.6. The summed E-state index contributed by atoms with van der Waals surface area (Å²) < 4.78 is 28.0. The number of hydrogen-bond donors (Lipinski definition) is 2. The Bertz CT molecular complexity index is 613. The number of H-pyrrole nitrogens is 1. The monoisotopic (exact) mass is 255 g/mol. The van der Waals surface area contributed by atoms with Crippen LogP contribution in [0.3, 0.4) is 0 Å². The smallest absolute Gasteiger partial charge is 0.265 e. The third-order valence-electron chi connectivity index (χ3n) is 2.28. The van der Waals surface area contributed by atoms with Crippen molar-refractivity contribution in [1.82, 2.24) is 20.0 Å². The molecule has 0 spiro atoms. The zero-order chi connectivity index (χ0) is 12.5. The maximum Gasteiger partial charge on any atom is 0.265 e. The lowest BCUT2D eigenvalue weighted by molar-refractivity contribution is 0.600. The molecule has 8 heteroatoms. The molecule has 2 rings (SSSR count). The Morgan fingerprint density at radius 1 is 1.47 bits per heavy atom. The highest BCUT2D eigenvalue weighted by Crippen LogP contribution is 2.16. The lowest BCUT2D eigenvalue weighted by Crippen LogP contribution is -2.12. The predicted molar refractivity (Wildman–Crippen MR) is 62.0 cm³/mol. The molecular weight excluding hydrogens is 242 g/mol. The summed E-state index contributed by atoms with van der Waals surface area (Å²) >= 11 is 0. The van der Waals surface area contributed by atoms with Gasteiger partial charge in [0.15, 0.2) is 0 Å². The number of aryl methyl sites for hydroxylation is 2. The summed E-state index contributed by atoms with van der Waals surface area (Å²) in [5.41, 5.74) is 0.938. The summed E-state index contributed by atoms with van der Waals surface area (Å²) in [6.07, 6.45) is 4.38. The fourth-order valence-corrected chi connectivity index (χ4v) is 2.58. The Labute approximate surface area is 98.9 Å². The van der Waals surface area contributed by atoms with Gasteiger partial charge in [-0.15, -0.1) is 0 Å². The lowest BCUT2D eigenvalue weighted by atomic mass is 10.5. The fraction of sp³-hybridized carbons (Fsp3) is 0.333. The van der Waals surface area contributed by atoms with Crippen LogP contribution in [0.25, 0.3) is 0 Å². The molecule has 0 aliphatic rings. The summed E-state index contributed by atoms with van der Waals surface area (Å²) in [6, 6.07) is 0. The molecular formula is C9H13N5O2S. The van der Waals surface area contributed by atoms with Crippen molar-refractivity contribution in [3.8, 4) is 0 Å². The molecule has 0 aliphatic heterocycles. The van der Waals surface area contributed by atoms with Crippen molar-refractivity contribution < 1.29 is 8.42 Å². The van der Waals surface area contributed by atoms with E-state index >= 15 is 0 Å². The minimum absolute atomic E-state index is 0.141. The number of hydrogen-bond acceptors (Lipinski definition) is 4. The highest BCUT2D eigenvalue weighted by Gasteiger charge is 2.19. The number of anilines is 1. The number of rotatable bonds is 4. The molecule has 0 aliphatic carbocycles. The minimum atomic E-state index is -3.59. The Morgan fingerprint density at radius 2 is 2.24 bits per heavy atom. The van der Waals surface area contributed by atoms with Crippen LogP contribution < -0.4 is 4.72 Å². The standard InChI is InChI=1S/C9H13N5O2S/c1-3-14-6-8(4-11-14)13-17(15,16)9-5-10-12-7(9)2/h4-6,13H,3H2,1-2H3,(H,10,12). The van der Waals surface area contributed by atoms with Gasteiger partial charge in [-0.25, -0.2) is 8.42 Å². The van der Waals surface area contributed by atoms with E-state index in [4.69, 9.17) is 0 Å². The van der Waals surface area contributed by atoms with Crippen LogP contribution in [0.5, 0.6) is 0 Å². The predicted octanol–water partition coefficient (Wildman–Crippen LogP) is 0.735. The van der Waals surface area contributed by atoms with Gasteiger partial charge in [0.2, 0.25) is 0 Å². The molecule has 0 saturated heterocycles. The zero-order valence-electron chi connectivity index (χ0n) is 9.51. The molecule has 17 heavy (non-hydrogen) atoms. The molecule has 2 aromatic heterocycles. The highest BCUT2D eigenvalue weighted by atomic mass is 32.2. The van der Waals surface area contributed by atoms with Crippen molar-refractivity contribution in [2.45, 2.75) is 25.3 Å². The van der Waals surface area contributed by atoms with E-state index in [1.165, 1.54) is 12.4 Å². The molecule has 0 atom stereocenters. The molecule has 0 aromatic carbocycles. The molecule has 92 valence electrons. The van der Waals surface area contributed by atoms with Gasteiger partial charge in [-0.2, -0.15) is 10.2 Å². The Hall–Kier alpha value is -1.83. The number of nitrogens with one attached hydrogen (secondary N) is 2. The molecule has 0 amide bonds. The second-order valence-electron chi connectivity index (χ2n) is 3.55. The van der Waals surface area contributed by atoms with Gasteiger partial charge < -0.3 is 0 Å². The van der Waals surface area contributed by atoms with Gasteiger partial charge in [-0.1, -0.05) is 0 Å². The first-order valence-electron chi connectivity index (χ1n) is 5.08. The van der Waals surface area contributed by atoms with Crippen molar-refractivity contribution in [2.75, 3.05) is 4.72 Å². The van der Waals surface area contributed by atoms with E-state index in [9.17, 15) is 8.42 Å². The highest BCUT2D eigenvalue weighted by molar-refractivity contribution is 7.92. The normalized spacial score (nSPS) is 11.6. The van der Waals surface area contributed by atoms with Crippen LogP contribution in [0.4, 0.5) is 5.69 Å². The van der Waals surface area contributed by atoms with E-state index in [1.54, 1.807) is 17.8 Å². The summed E-state index contributed by atoms with van der Waals surface area (Å²) in [5, 5.41) is 10.3. The maximum atomic E-state index is 12.0. The Morgan fingerprint density at radius 3 is 2.76 bits per heavy atom. The quantitative estimate of drug-likeness (QED) is 0.842. The topological polar surface area (TPSA) is 92.7 Å². The van der Waals surface area contributed by atoms with Gasteiger partial charge in [0.1, 0.15) is 4.90 Å². The van der Waals surface area contributed by atoms with Crippen molar-refractivity contribution in [2.24, 2.45) is 0 Å². The van der Waals surface area contributed by atoms with E-state index in [0.717, 1.165) is 0 Å². The molecule has 0 bridgehead atoms. The van der Waals surface area contributed by atoms with Crippen LogP contribution in [-0.2, 0) is 16.6 Å². The van der Waals surface area contributed by atoms with E-state index in [1.807, 2.05) is 6.92 Å². The van der Waals surface area contributed by atoms with Gasteiger partial charge in [-0.3, -0.25) is 14.5 Å². The van der Waals surface area contributed by atoms with Crippen molar-refractivity contribution in [3.05, 3.63) is 24.3 Å². The first-order valence-corrected chi connectivity index (χ1v) is 6.56. The van der Waals surface area contributed by atoms with Crippen LogP contribution in [0.15, 0.2) is 23.5 Å². The fourth-order valence-electron chi connectivity index (χ4n) is 1.41. The molecule has 7 nitrogen and oxygen atoms in total. The molecule has 0 saturated carbocycles. The van der Waals surface area contributed by atoms with E-state index < -0.39 is 10.0 Å². The van der Waals surface area contributed by atoms with E-state index in [0.29, 0.717) is 17.9 Å². The van der Waals surface area contributed by atoms with Crippen molar-refractivity contribution >= 4 is 15.7 Å². The maximum absolute atomic E-state index is 12.0. The Kier molecular flexibility index (Phi) is 2.88. The van der Waals surface area contributed by atoms with E-state index in [-0.39, 0.29) is 4.90 Å². The second-order valence-corrected chi connectivity index (χ2v) is 5.20. The Balaban J connectivity index is 2.26. The SMILES string of the molecule is CCn1cc(NS(=O)(=O)c2cn[nH]c2C)cn1. The third-order valence-corrected chi connectivity index (χ3v) is 3.78. The van der Waals surface area contributed by atoms with Crippen LogP contribution in [0, 0.1) is 6.92 Å². The van der Waals surface area contributed by atoms with E-state index in [2.05, 4.69) is 20.0 Å². The molecule has 2 heterocycles. The van der Waals surface area contributed by atoms with Crippen molar-refractivity contribution in [1.29, 1.82) is 0 Å². The number of sulfonamides is 1. The summed E-state index contributed by atoms with van der Waals surface area (Å²) in [4.78, 5) is 0.141. The van der Waals surface area contributed by atoms with Crippen LogP contribution >= 0.6 is 0 Å². The van der Waals surface area contributed by atoms with Crippen molar-refractivity contribution in [3.63, 3.8) is 0 Å². The molecule has 0 radical (unpaired) electrons. The first-order chi connectivity index (χ1) is 8.03. The summed E-state index contributed by atoms with van der Waals surface area (Å²) in [7, 11) is -3.59. The summed E-state index contributed by atoms with van der Waals surface area (Å²) in [5.74, 6) is 0. The van der Waals surface area contributed by atoms with Crippen LogP contribution in [0.1, 0.15) is 12.6 Å². The average Bonchev–Trinajstić information content (AvgIpc) is 2.86. The summed E-state index contributed by atoms with van der Waals surface area (Å²) in [6.45, 7) is 4.26. The third kappa shape index (κ3) is 2.31. The second kappa shape index (κ2) is 4.21. The minimum Gasteiger partial charge on any atom is -0.281 e. The van der Waals surface area contributed by atoms with Gasteiger partial charge in [-0.05, 0) is 13.8 Å². The van der Waals surface area contributed by atoms with Crippen LogP contribution in [0.2, 0.25) is 0 Å². The lowest BCUT2D eigenvalue weighted by Gasteiger charge is -2.03. The van der Waals surface area contributed by atoms with Gasteiger partial charge >= 0.3 is 0 Å². The number of aromatic amines is 1. The molecule has 2 aromatic rings.